The topological polar surface area (TPSA) is 97.0 Å². The maximum absolute atomic E-state index is 11.9. The van der Waals surface area contributed by atoms with Crippen LogP contribution in [0.4, 0.5) is 0 Å². The fourth-order valence-electron chi connectivity index (χ4n) is 3.20. The first kappa shape index (κ1) is 28.2. The lowest BCUT2D eigenvalue weighted by Crippen LogP contribution is -2.41. The molecule has 0 atom stereocenters. The Kier molecular flexibility index (Phi) is 19.3. The second kappa shape index (κ2) is 20.5. The normalized spacial score (nSPS) is 11.4. The lowest BCUT2D eigenvalue weighted by Gasteiger charge is -2.20. The van der Waals surface area contributed by atoms with Crippen molar-refractivity contribution in [3.05, 3.63) is 0 Å². The molecule has 0 aromatic heterocycles. The minimum absolute atomic E-state index is 0.0163. The van der Waals surface area contributed by atoms with Crippen LogP contribution in [0.5, 0.6) is 0 Å². The predicted molar refractivity (Wildman–Crippen MR) is 123 cm³/mol. The molecule has 176 valence electrons. The van der Waals surface area contributed by atoms with Crippen molar-refractivity contribution in [2.45, 2.75) is 124 Å². The average Bonchev–Trinajstić information content (AvgIpc) is 2.72. The van der Waals surface area contributed by atoms with Gasteiger partial charge in [0, 0.05) is 13.3 Å². The number of hydrogen-bond donors (Lipinski definition) is 2. The van der Waals surface area contributed by atoms with Crippen LogP contribution in [0.15, 0.2) is 5.10 Å². The van der Waals surface area contributed by atoms with Crippen molar-refractivity contribution in [3.63, 3.8) is 0 Å². The number of hydrogen-bond acceptors (Lipinski definition) is 4. The van der Waals surface area contributed by atoms with Crippen LogP contribution >= 0.6 is 0 Å². The minimum atomic E-state index is -0.470. The summed E-state index contributed by atoms with van der Waals surface area (Å²) in [5.74, 6) is -0.654. The van der Waals surface area contributed by atoms with Crippen molar-refractivity contribution in [1.82, 2.24) is 10.5 Å². The molecule has 0 aromatic rings. The fourth-order valence-corrected chi connectivity index (χ4v) is 3.20. The molecular weight excluding hydrogens is 380 g/mol. The first-order chi connectivity index (χ1) is 14.5. The highest BCUT2D eigenvalue weighted by Gasteiger charge is 2.12. The summed E-state index contributed by atoms with van der Waals surface area (Å²) >= 11 is 0. The Morgan fingerprint density at radius 2 is 1.27 bits per heavy atom. The second-order valence-corrected chi connectivity index (χ2v) is 8.04. The summed E-state index contributed by atoms with van der Waals surface area (Å²) in [7, 11) is 0. The van der Waals surface area contributed by atoms with Crippen LogP contribution in [0.1, 0.15) is 124 Å². The van der Waals surface area contributed by atoms with Crippen molar-refractivity contribution in [2.24, 2.45) is 10.8 Å². The number of nitrogens with zero attached hydrogens (tertiary/aromatic N) is 2. The van der Waals surface area contributed by atoms with Crippen LogP contribution in [0, 0.1) is 0 Å². The van der Waals surface area contributed by atoms with Crippen molar-refractivity contribution in [2.75, 3.05) is 6.54 Å². The molecule has 0 aliphatic carbocycles. The first-order valence-corrected chi connectivity index (χ1v) is 12.1. The monoisotopic (exact) mass is 426 g/mol. The number of carbonyl (C=O) groups excluding carboxylic acids is 2. The average molecular weight is 427 g/mol. The van der Waals surface area contributed by atoms with E-state index >= 15 is 0 Å². The van der Waals surface area contributed by atoms with Gasteiger partial charge in [-0.1, -0.05) is 97.3 Å². The number of hydroxylamine groups is 2. The molecule has 0 rings (SSSR count). The zero-order valence-electron chi connectivity index (χ0n) is 19.7. The zero-order valence-corrected chi connectivity index (χ0v) is 19.7. The predicted octanol–water partition coefficient (Wildman–Crippen LogP) is 5.39. The number of nitrogens with one attached hydrogen (secondary N) is 1. The SMILES string of the molecule is CCCCCCCCCCCCCCCC(=O)NN=C(N)N(CCCC)OC(C)=O. The quantitative estimate of drug-likeness (QED) is 0.132. The van der Waals surface area contributed by atoms with E-state index in [0.29, 0.717) is 13.0 Å². The van der Waals surface area contributed by atoms with Crippen molar-refractivity contribution in [1.29, 1.82) is 0 Å². The molecule has 0 unspecified atom stereocenters. The van der Waals surface area contributed by atoms with E-state index in [1.165, 1.54) is 82.6 Å². The van der Waals surface area contributed by atoms with E-state index in [-0.39, 0.29) is 11.9 Å². The van der Waals surface area contributed by atoms with Gasteiger partial charge in [0.15, 0.2) is 0 Å². The Morgan fingerprint density at radius 3 is 1.73 bits per heavy atom. The lowest BCUT2D eigenvalue weighted by molar-refractivity contribution is -0.170. The molecule has 0 aromatic carbocycles. The third-order valence-electron chi connectivity index (χ3n) is 5.01. The largest absolute Gasteiger partial charge is 0.366 e. The number of guanidine groups is 1. The molecule has 0 aliphatic rings. The van der Waals surface area contributed by atoms with Gasteiger partial charge in [0.25, 0.3) is 0 Å². The van der Waals surface area contributed by atoms with Crippen LogP contribution in [0.25, 0.3) is 0 Å². The number of nitrogens with two attached hydrogens (primary N) is 1. The highest BCUT2D eigenvalue weighted by Crippen LogP contribution is 2.12. The molecule has 30 heavy (non-hydrogen) atoms. The Morgan fingerprint density at radius 1 is 0.800 bits per heavy atom. The molecular formula is C23H46N4O3. The van der Waals surface area contributed by atoms with E-state index in [1.54, 1.807) is 0 Å². The number of rotatable bonds is 18. The van der Waals surface area contributed by atoms with E-state index in [1.807, 2.05) is 6.92 Å². The number of amides is 1. The Labute approximate surface area is 184 Å². The van der Waals surface area contributed by atoms with E-state index in [9.17, 15) is 9.59 Å². The molecule has 0 heterocycles. The van der Waals surface area contributed by atoms with Gasteiger partial charge in [-0.25, -0.2) is 5.43 Å². The van der Waals surface area contributed by atoms with E-state index < -0.39 is 5.97 Å². The third kappa shape index (κ3) is 18.3. The summed E-state index contributed by atoms with van der Waals surface area (Å²) in [4.78, 5) is 28.1. The minimum Gasteiger partial charge on any atom is -0.366 e. The zero-order chi connectivity index (χ0) is 22.5. The molecule has 0 aliphatic heterocycles. The Balaban J connectivity index is 3.72. The van der Waals surface area contributed by atoms with E-state index in [2.05, 4.69) is 17.5 Å². The maximum Gasteiger partial charge on any atom is 0.329 e. The van der Waals surface area contributed by atoms with Crippen molar-refractivity contribution in [3.8, 4) is 0 Å². The molecule has 7 nitrogen and oxygen atoms in total. The van der Waals surface area contributed by atoms with Gasteiger partial charge in [-0.3, -0.25) is 9.59 Å². The van der Waals surface area contributed by atoms with Crippen LogP contribution in [-0.2, 0) is 14.4 Å². The van der Waals surface area contributed by atoms with Gasteiger partial charge in [-0.15, -0.1) is 5.10 Å². The van der Waals surface area contributed by atoms with Gasteiger partial charge in [-0.05, 0) is 12.8 Å². The number of hydrazone groups is 1. The molecule has 0 bridgehead atoms. The van der Waals surface area contributed by atoms with Gasteiger partial charge in [0.1, 0.15) is 0 Å². The summed E-state index contributed by atoms with van der Waals surface area (Å²) in [6.07, 6.45) is 18.7. The molecule has 0 saturated heterocycles. The van der Waals surface area contributed by atoms with Crippen LogP contribution in [0.2, 0.25) is 0 Å². The number of carbonyl (C=O) groups is 2. The molecule has 0 saturated carbocycles. The molecule has 3 N–H and O–H groups in total. The summed E-state index contributed by atoms with van der Waals surface area (Å²) in [5.41, 5.74) is 8.26. The molecule has 0 spiro atoms. The van der Waals surface area contributed by atoms with Crippen molar-refractivity contribution < 1.29 is 14.4 Å². The first-order valence-electron chi connectivity index (χ1n) is 12.1. The highest BCUT2D eigenvalue weighted by atomic mass is 16.7. The molecule has 0 radical (unpaired) electrons. The smallest absolute Gasteiger partial charge is 0.329 e. The van der Waals surface area contributed by atoms with Gasteiger partial charge in [0.2, 0.25) is 11.9 Å². The Hall–Kier alpha value is -1.79. The highest BCUT2D eigenvalue weighted by molar-refractivity contribution is 5.82. The summed E-state index contributed by atoms with van der Waals surface area (Å²) in [6, 6.07) is 0. The van der Waals surface area contributed by atoms with Crippen LogP contribution in [0.3, 0.4) is 0 Å². The molecule has 1 amide bonds. The Bertz CT molecular complexity index is 469. The van der Waals surface area contributed by atoms with Crippen molar-refractivity contribution >= 4 is 17.8 Å². The molecule has 7 heteroatoms. The van der Waals surface area contributed by atoms with Gasteiger partial charge in [0.05, 0.1) is 6.54 Å². The van der Waals surface area contributed by atoms with Gasteiger partial charge < -0.3 is 10.6 Å². The van der Waals surface area contributed by atoms with Crippen LogP contribution in [-0.4, -0.2) is 29.4 Å². The van der Waals surface area contributed by atoms with E-state index in [0.717, 1.165) is 25.7 Å². The third-order valence-corrected chi connectivity index (χ3v) is 5.01. The van der Waals surface area contributed by atoms with E-state index in [4.69, 9.17) is 10.6 Å². The van der Waals surface area contributed by atoms with Crippen LogP contribution < -0.4 is 11.2 Å². The number of unbranched alkanes of at least 4 members (excludes halogenated alkanes) is 13. The summed E-state index contributed by atoms with van der Waals surface area (Å²) in [6.45, 7) is 6.03. The van der Waals surface area contributed by atoms with Gasteiger partial charge >= 0.3 is 5.97 Å². The summed E-state index contributed by atoms with van der Waals surface area (Å²) in [5, 5.41) is 5.07. The molecule has 0 fully saturated rings. The second-order valence-electron chi connectivity index (χ2n) is 8.04. The standard InChI is InChI=1S/C23H46N4O3/c1-4-6-8-9-10-11-12-13-14-15-16-17-18-19-22(29)25-26-23(24)27(20-7-5-2)30-21(3)28/h4-20H2,1-3H3,(H2,24,26)(H,25,29). The maximum atomic E-state index is 11.9. The fraction of sp³-hybridized carbons (Fsp3) is 0.870. The lowest BCUT2D eigenvalue weighted by atomic mass is 10.0. The van der Waals surface area contributed by atoms with Gasteiger partial charge in [-0.2, -0.15) is 5.06 Å². The summed E-state index contributed by atoms with van der Waals surface area (Å²) < 4.78 is 0.